The van der Waals surface area contributed by atoms with E-state index in [9.17, 15) is 14.4 Å². The Morgan fingerprint density at radius 2 is 2.14 bits per heavy atom. The zero-order valence-corrected chi connectivity index (χ0v) is 12.4. The summed E-state index contributed by atoms with van der Waals surface area (Å²) in [4.78, 5) is 36.6. The predicted molar refractivity (Wildman–Crippen MR) is 77.9 cm³/mol. The van der Waals surface area contributed by atoms with Crippen LogP contribution in [0.5, 0.6) is 0 Å². The van der Waals surface area contributed by atoms with Crippen molar-refractivity contribution in [3.05, 3.63) is 35.4 Å². The van der Waals surface area contributed by atoms with Gasteiger partial charge >= 0.3 is 6.09 Å². The van der Waals surface area contributed by atoms with Crippen LogP contribution in [0.4, 0.5) is 4.79 Å². The average molecular weight is 302 g/mol. The molecule has 22 heavy (non-hydrogen) atoms. The van der Waals surface area contributed by atoms with Crippen LogP contribution in [0.25, 0.3) is 0 Å². The normalized spacial score (nSPS) is 25.1. The summed E-state index contributed by atoms with van der Waals surface area (Å²) in [7, 11) is 0. The zero-order valence-electron chi connectivity index (χ0n) is 12.4. The minimum absolute atomic E-state index is 0.246. The van der Waals surface area contributed by atoms with Gasteiger partial charge < -0.3 is 4.74 Å². The summed E-state index contributed by atoms with van der Waals surface area (Å²) in [5.74, 6) is -0.711. The zero-order chi connectivity index (χ0) is 15.7. The van der Waals surface area contributed by atoms with Crippen LogP contribution in [0, 0.1) is 0 Å². The van der Waals surface area contributed by atoms with E-state index in [2.05, 4.69) is 12.2 Å². The molecule has 0 radical (unpaired) electrons. The van der Waals surface area contributed by atoms with Crippen LogP contribution in [-0.2, 0) is 20.7 Å². The number of amides is 3. The second-order valence-electron chi connectivity index (χ2n) is 5.59. The molecule has 2 heterocycles. The van der Waals surface area contributed by atoms with Gasteiger partial charge in [0.25, 0.3) is 0 Å². The molecular weight excluding hydrogens is 284 g/mol. The van der Waals surface area contributed by atoms with Gasteiger partial charge in [-0.1, -0.05) is 31.2 Å². The van der Waals surface area contributed by atoms with E-state index >= 15 is 0 Å². The summed E-state index contributed by atoms with van der Waals surface area (Å²) >= 11 is 0. The van der Waals surface area contributed by atoms with Gasteiger partial charge in [-0.15, -0.1) is 0 Å². The first-order valence-electron chi connectivity index (χ1n) is 7.48. The summed E-state index contributed by atoms with van der Waals surface area (Å²) in [5, 5.41) is 2.27. The Morgan fingerprint density at radius 1 is 1.32 bits per heavy atom. The summed E-state index contributed by atoms with van der Waals surface area (Å²) in [6.07, 6.45) is 0.633. The molecule has 2 unspecified atom stereocenters. The highest BCUT2D eigenvalue weighted by atomic mass is 16.6. The minimum Gasteiger partial charge on any atom is -0.439 e. The molecule has 3 rings (SSSR count). The standard InChI is InChI=1S/C16H18N2O4/c1-2-10-4-3-5-11(8-10)13-9-18(16(21)22-13)12-6-7-14(19)17-15(12)20/h3-5,8,12-13H,2,6-7,9H2,1H3,(H,17,19,20). The lowest BCUT2D eigenvalue weighted by atomic mass is 10.0. The maximum Gasteiger partial charge on any atom is 0.411 e. The monoisotopic (exact) mass is 302 g/mol. The molecule has 2 aliphatic rings. The molecule has 0 aliphatic carbocycles. The number of nitrogens with zero attached hydrogens (tertiary/aromatic N) is 1. The molecule has 0 saturated carbocycles. The van der Waals surface area contributed by atoms with Crippen LogP contribution in [0.15, 0.2) is 24.3 Å². The lowest BCUT2D eigenvalue weighted by molar-refractivity contribution is -0.136. The predicted octanol–water partition coefficient (Wildman–Crippen LogP) is 1.55. The molecule has 2 saturated heterocycles. The van der Waals surface area contributed by atoms with Crippen LogP contribution in [0.1, 0.15) is 37.0 Å². The van der Waals surface area contributed by atoms with E-state index in [0.717, 1.165) is 12.0 Å². The Kier molecular flexibility index (Phi) is 3.83. The molecule has 6 nitrogen and oxygen atoms in total. The first-order chi connectivity index (χ1) is 10.6. The average Bonchev–Trinajstić information content (AvgIpc) is 2.89. The van der Waals surface area contributed by atoms with Crippen LogP contribution in [0.2, 0.25) is 0 Å². The van der Waals surface area contributed by atoms with Gasteiger partial charge in [-0.2, -0.15) is 0 Å². The quantitative estimate of drug-likeness (QED) is 0.860. The largest absolute Gasteiger partial charge is 0.439 e. The lowest BCUT2D eigenvalue weighted by Gasteiger charge is -2.27. The lowest BCUT2D eigenvalue weighted by Crippen LogP contribution is -2.52. The van der Waals surface area contributed by atoms with E-state index in [0.29, 0.717) is 13.0 Å². The molecule has 0 bridgehead atoms. The second kappa shape index (κ2) is 5.79. The third-order valence-corrected chi connectivity index (χ3v) is 4.16. The van der Waals surface area contributed by atoms with Crippen molar-refractivity contribution < 1.29 is 19.1 Å². The highest BCUT2D eigenvalue weighted by molar-refractivity contribution is 6.01. The number of piperidine rings is 1. The first-order valence-corrected chi connectivity index (χ1v) is 7.48. The first kappa shape index (κ1) is 14.6. The van der Waals surface area contributed by atoms with E-state index < -0.39 is 18.0 Å². The fourth-order valence-electron chi connectivity index (χ4n) is 2.90. The number of hydrogen-bond donors (Lipinski definition) is 1. The Bertz CT molecular complexity index is 628. The number of carbonyl (C=O) groups excluding carboxylic acids is 3. The van der Waals surface area contributed by atoms with Gasteiger partial charge in [-0.25, -0.2) is 4.79 Å². The third kappa shape index (κ3) is 2.68. The summed E-state index contributed by atoms with van der Waals surface area (Å²) in [6.45, 7) is 2.40. The van der Waals surface area contributed by atoms with Crippen molar-refractivity contribution in [1.29, 1.82) is 0 Å². The van der Waals surface area contributed by atoms with Gasteiger partial charge in [0.05, 0.1) is 6.54 Å². The molecule has 6 heteroatoms. The van der Waals surface area contributed by atoms with Crippen LogP contribution in [0.3, 0.4) is 0 Å². The van der Waals surface area contributed by atoms with Crippen molar-refractivity contribution in [3.63, 3.8) is 0 Å². The maximum absolute atomic E-state index is 12.1. The van der Waals surface area contributed by atoms with Gasteiger partial charge in [-0.3, -0.25) is 19.8 Å². The number of cyclic esters (lactones) is 1. The molecule has 116 valence electrons. The molecule has 3 amide bonds. The minimum atomic E-state index is -0.621. The molecule has 1 aromatic carbocycles. The molecule has 1 aromatic rings. The number of rotatable bonds is 3. The van der Waals surface area contributed by atoms with Crippen molar-refractivity contribution in [3.8, 4) is 0 Å². The number of nitrogens with one attached hydrogen (secondary N) is 1. The second-order valence-corrected chi connectivity index (χ2v) is 5.59. The van der Waals surface area contributed by atoms with Crippen molar-refractivity contribution in [2.24, 2.45) is 0 Å². The van der Waals surface area contributed by atoms with Crippen molar-refractivity contribution in [2.45, 2.75) is 38.3 Å². The van der Waals surface area contributed by atoms with Gasteiger partial charge in [-0.05, 0) is 24.0 Å². The molecule has 0 spiro atoms. The number of benzene rings is 1. The molecule has 2 atom stereocenters. The molecule has 2 aliphatic heterocycles. The summed E-state index contributed by atoms with van der Waals surface area (Å²) in [5.41, 5.74) is 2.11. The maximum atomic E-state index is 12.1. The van der Waals surface area contributed by atoms with Gasteiger partial charge in [0.2, 0.25) is 11.8 Å². The highest BCUT2D eigenvalue weighted by Crippen LogP contribution is 2.29. The van der Waals surface area contributed by atoms with Crippen LogP contribution in [-0.4, -0.2) is 35.4 Å². The van der Waals surface area contributed by atoms with E-state index in [1.807, 2.05) is 24.3 Å². The van der Waals surface area contributed by atoms with E-state index in [4.69, 9.17) is 4.74 Å². The number of imide groups is 1. The van der Waals surface area contributed by atoms with E-state index in [1.165, 1.54) is 10.5 Å². The van der Waals surface area contributed by atoms with E-state index in [1.54, 1.807) is 0 Å². The Hall–Kier alpha value is -2.37. The van der Waals surface area contributed by atoms with Gasteiger partial charge in [0.15, 0.2) is 0 Å². The smallest absolute Gasteiger partial charge is 0.411 e. The summed E-state index contributed by atoms with van der Waals surface area (Å²) < 4.78 is 5.41. The van der Waals surface area contributed by atoms with Gasteiger partial charge in [0.1, 0.15) is 12.1 Å². The fraction of sp³-hybridized carbons (Fsp3) is 0.438. The summed E-state index contributed by atoms with van der Waals surface area (Å²) in [6, 6.07) is 7.29. The Labute approximate surface area is 128 Å². The molecule has 0 aromatic heterocycles. The molecule has 1 N–H and O–H groups in total. The van der Waals surface area contributed by atoms with E-state index in [-0.39, 0.29) is 18.4 Å². The van der Waals surface area contributed by atoms with Crippen LogP contribution < -0.4 is 5.32 Å². The number of ether oxygens (including phenoxy) is 1. The van der Waals surface area contributed by atoms with Crippen molar-refractivity contribution in [2.75, 3.05) is 6.54 Å². The molecule has 2 fully saturated rings. The fourth-order valence-corrected chi connectivity index (χ4v) is 2.90. The van der Waals surface area contributed by atoms with Crippen LogP contribution >= 0.6 is 0 Å². The molecular formula is C16H18N2O4. The SMILES string of the molecule is CCc1cccc(C2CN(C3CCC(=O)NC3=O)C(=O)O2)c1. The third-order valence-electron chi connectivity index (χ3n) is 4.16. The van der Waals surface area contributed by atoms with Crippen molar-refractivity contribution in [1.82, 2.24) is 10.2 Å². The van der Waals surface area contributed by atoms with Crippen molar-refractivity contribution >= 4 is 17.9 Å². The number of carbonyl (C=O) groups is 3. The van der Waals surface area contributed by atoms with Gasteiger partial charge in [0, 0.05) is 6.42 Å². The Balaban J connectivity index is 1.75. The Morgan fingerprint density at radius 3 is 2.86 bits per heavy atom. The number of aryl methyl sites for hydroxylation is 1. The topological polar surface area (TPSA) is 75.7 Å². The number of hydrogen-bond acceptors (Lipinski definition) is 4. The highest BCUT2D eigenvalue weighted by Gasteiger charge is 2.41.